The number of pyridine rings is 1. The molecule has 0 radical (unpaired) electrons. The van der Waals surface area contributed by atoms with E-state index in [2.05, 4.69) is 9.97 Å². The van der Waals surface area contributed by atoms with E-state index in [0.717, 1.165) is 30.2 Å². The summed E-state index contributed by atoms with van der Waals surface area (Å²) in [4.78, 5) is 22.9. The molecule has 0 bridgehead atoms. The van der Waals surface area contributed by atoms with Gasteiger partial charge in [-0.05, 0) is 25.0 Å². The van der Waals surface area contributed by atoms with Crippen LogP contribution in [0.1, 0.15) is 58.6 Å². The Kier molecular flexibility index (Phi) is 3.34. The molecular formula is C17H16N4O2. The van der Waals surface area contributed by atoms with Gasteiger partial charge in [-0.1, -0.05) is 6.42 Å². The summed E-state index contributed by atoms with van der Waals surface area (Å²) in [7, 11) is 0. The Bertz CT molecular complexity index is 784. The monoisotopic (exact) mass is 308 g/mol. The predicted molar refractivity (Wildman–Crippen MR) is 80.5 cm³/mol. The van der Waals surface area contributed by atoms with Gasteiger partial charge < -0.3 is 9.32 Å². The molecule has 3 heterocycles. The van der Waals surface area contributed by atoms with Crippen LogP contribution in [0.5, 0.6) is 0 Å². The maximum atomic E-state index is 12.6. The van der Waals surface area contributed by atoms with E-state index in [1.807, 2.05) is 6.07 Å². The summed E-state index contributed by atoms with van der Waals surface area (Å²) in [6, 6.07) is 5.16. The molecule has 0 unspecified atom stereocenters. The van der Waals surface area contributed by atoms with Crippen LogP contribution < -0.4 is 0 Å². The van der Waals surface area contributed by atoms with Crippen LogP contribution in [0.15, 0.2) is 22.7 Å². The number of nitrogens with zero attached hydrogens (tertiary/aromatic N) is 4. The fourth-order valence-electron chi connectivity index (χ4n) is 2.99. The Hall–Kier alpha value is -2.68. The standard InChI is InChI=1S/C17H16N4O2/c18-8-13-5-4-12(9-19-13)17(22)21-7-6-15-14(10-21)20-16(23-15)11-2-1-3-11/h4-5,9,11H,1-3,6-7,10H2. The number of amides is 1. The van der Waals surface area contributed by atoms with Crippen molar-refractivity contribution in [2.24, 2.45) is 0 Å². The quantitative estimate of drug-likeness (QED) is 0.850. The third-order valence-corrected chi connectivity index (χ3v) is 4.61. The van der Waals surface area contributed by atoms with Gasteiger partial charge in [-0.25, -0.2) is 9.97 Å². The number of oxazole rings is 1. The minimum atomic E-state index is -0.0826. The highest BCUT2D eigenvalue weighted by Gasteiger charge is 2.30. The first-order chi connectivity index (χ1) is 11.2. The summed E-state index contributed by atoms with van der Waals surface area (Å²) in [5, 5.41) is 8.77. The molecule has 1 amide bonds. The highest BCUT2D eigenvalue weighted by atomic mass is 16.4. The van der Waals surface area contributed by atoms with Gasteiger partial charge in [0.15, 0.2) is 5.89 Å². The third-order valence-electron chi connectivity index (χ3n) is 4.61. The van der Waals surface area contributed by atoms with Gasteiger partial charge in [0.1, 0.15) is 23.2 Å². The number of rotatable bonds is 2. The summed E-state index contributed by atoms with van der Waals surface area (Å²) < 4.78 is 5.88. The van der Waals surface area contributed by atoms with E-state index in [0.29, 0.717) is 36.7 Å². The lowest BCUT2D eigenvalue weighted by Crippen LogP contribution is -2.35. The van der Waals surface area contributed by atoms with E-state index in [1.54, 1.807) is 17.0 Å². The van der Waals surface area contributed by atoms with Crippen molar-refractivity contribution in [1.82, 2.24) is 14.9 Å². The van der Waals surface area contributed by atoms with Gasteiger partial charge in [0.2, 0.25) is 0 Å². The van der Waals surface area contributed by atoms with Crippen molar-refractivity contribution in [3.8, 4) is 6.07 Å². The normalized spacial score (nSPS) is 17.3. The first-order valence-corrected chi connectivity index (χ1v) is 7.88. The summed E-state index contributed by atoms with van der Waals surface area (Å²) in [5.41, 5.74) is 1.69. The second-order valence-corrected chi connectivity index (χ2v) is 6.07. The largest absolute Gasteiger partial charge is 0.445 e. The van der Waals surface area contributed by atoms with E-state index < -0.39 is 0 Å². The number of nitriles is 1. The summed E-state index contributed by atoms with van der Waals surface area (Å²) in [5.74, 6) is 2.15. The molecule has 2 aliphatic rings. The van der Waals surface area contributed by atoms with Crippen molar-refractivity contribution in [3.63, 3.8) is 0 Å². The van der Waals surface area contributed by atoms with Crippen LogP contribution in [-0.2, 0) is 13.0 Å². The molecule has 0 saturated heterocycles. The summed E-state index contributed by atoms with van der Waals surface area (Å²) >= 11 is 0. The van der Waals surface area contributed by atoms with E-state index in [4.69, 9.17) is 9.68 Å². The van der Waals surface area contributed by atoms with Crippen molar-refractivity contribution < 1.29 is 9.21 Å². The second kappa shape index (κ2) is 5.51. The van der Waals surface area contributed by atoms with E-state index in [1.165, 1.54) is 12.6 Å². The molecule has 0 aromatic carbocycles. The van der Waals surface area contributed by atoms with Crippen LogP contribution in [0.3, 0.4) is 0 Å². The molecule has 1 saturated carbocycles. The van der Waals surface area contributed by atoms with Gasteiger partial charge in [0, 0.05) is 25.1 Å². The smallest absolute Gasteiger partial charge is 0.255 e. The maximum Gasteiger partial charge on any atom is 0.255 e. The lowest BCUT2D eigenvalue weighted by molar-refractivity contribution is 0.0727. The zero-order valence-corrected chi connectivity index (χ0v) is 12.7. The molecule has 6 nitrogen and oxygen atoms in total. The third kappa shape index (κ3) is 2.48. The van der Waals surface area contributed by atoms with Gasteiger partial charge in [0.25, 0.3) is 5.91 Å². The molecular weight excluding hydrogens is 292 g/mol. The fourth-order valence-corrected chi connectivity index (χ4v) is 2.99. The summed E-state index contributed by atoms with van der Waals surface area (Å²) in [6.45, 7) is 1.09. The van der Waals surface area contributed by atoms with Crippen molar-refractivity contribution in [2.75, 3.05) is 6.54 Å². The van der Waals surface area contributed by atoms with E-state index in [9.17, 15) is 4.79 Å². The number of carbonyl (C=O) groups excluding carboxylic acids is 1. The number of fused-ring (bicyclic) bond motifs is 1. The number of hydrogen-bond donors (Lipinski definition) is 0. The molecule has 1 aliphatic carbocycles. The molecule has 1 fully saturated rings. The maximum absolute atomic E-state index is 12.6. The molecule has 1 aliphatic heterocycles. The average molecular weight is 308 g/mol. The SMILES string of the molecule is N#Cc1ccc(C(=O)N2CCc3oc(C4CCC4)nc3C2)cn1. The molecule has 6 heteroatoms. The first kappa shape index (κ1) is 13.9. The topological polar surface area (TPSA) is 83.0 Å². The predicted octanol–water partition coefficient (Wildman–Crippen LogP) is 2.41. The zero-order chi connectivity index (χ0) is 15.8. The Morgan fingerprint density at radius 2 is 2.26 bits per heavy atom. The number of carbonyl (C=O) groups is 1. The molecule has 0 spiro atoms. The van der Waals surface area contributed by atoms with Gasteiger partial charge in [-0.15, -0.1) is 0 Å². The van der Waals surface area contributed by atoms with Crippen LogP contribution in [0.4, 0.5) is 0 Å². The Balaban J connectivity index is 1.51. The van der Waals surface area contributed by atoms with Crippen LogP contribution in [0.2, 0.25) is 0 Å². The average Bonchev–Trinajstić information content (AvgIpc) is 2.94. The van der Waals surface area contributed by atoms with Crippen molar-refractivity contribution >= 4 is 5.91 Å². The molecule has 2 aromatic rings. The van der Waals surface area contributed by atoms with Crippen molar-refractivity contribution in [1.29, 1.82) is 5.26 Å². The molecule has 23 heavy (non-hydrogen) atoms. The molecule has 116 valence electrons. The number of aromatic nitrogens is 2. The minimum Gasteiger partial charge on any atom is -0.445 e. The first-order valence-electron chi connectivity index (χ1n) is 7.88. The second-order valence-electron chi connectivity index (χ2n) is 6.07. The lowest BCUT2D eigenvalue weighted by atomic mass is 9.85. The molecule has 4 rings (SSSR count). The zero-order valence-electron chi connectivity index (χ0n) is 12.7. The fraction of sp³-hybridized carbons (Fsp3) is 0.412. The minimum absolute atomic E-state index is 0.0826. The lowest BCUT2D eigenvalue weighted by Gasteiger charge is -2.25. The van der Waals surface area contributed by atoms with Gasteiger partial charge >= 0.3 is 0 Å². The number of hydrogen-bond acceptors (Lipinski definition) is 5. The van der Waals surface area contributed by atoms with Crippen LogP contribution >= 0.6 is 0 Å². The van der Waals surface area contributed by atoms with Crippen LogP contribution in [-0.4, -0.2) is 27.3 Å². The Morgan fingerprint density at radius 3 is 2.91 bits per heavy atom. The van der Waals surface area contributed by atoms with Crippen LogP contribution in [0, 0.1) is 11.3 Å². The van der Waals surface area contributed by atoms with Crippen LogP contribution in [0.25, 0.3) is 0 Å². The summed E-state index contributed by atoms with van der Waals surface area (Å²) in [6.07, 6.45) is 5.70. The van der Waals surface area contributed by atoms with Gasteiger partial charge in [-0.3, -0.25) is 4.79 Å². The highest BCUT2D eigenvalue weighted by Crippen LogP contribution is 2.37. The Morgan fingerprint density at radius 1 is 1.39 bits per heavy atom. The van der Waals surface area contributed by atoms with Gasteiger partial charge in [0.05, 0.1) is 12.1 Å². The van der Waals surface area contributed by atoms with E-state index >= 15 is 0 Å². The van der Waals surface area contributed by atoms with Crippen molar-refractivity contribution in [2.45, 2.75) is 38.1 Å². The molecule has 2 aromatic heterocycles. The molecule has 0 atom stereocenters. The van der Waals surface area contributed by atoms with E-state index in [-0.39, 0.29) is 5.91 Å². The Labute approximate surface area is 133 Å². The highest BCUT2D eigenvalue weighted by molar-refractivity contribution is 5.94. The van der Waals surface area contributed by atoms with Crippen molar-refractivity contribution in [3.05, 3.63) is 46.9 Å². The van der Waals surface area contributed by atoms with Gasteiger partial charge in [-0.2, -0.15) is 5.26 Å². The molecule has 0 N–H and O–H groups in total.